The van der Waals surface area contributed by atoms with E-state index < -0.39 is 0 Å². The first-order chi connectivity index (χ1) is 12.7. The van der Waals surface area contributed by atoms with Crippen LogP contribution in [0.5, 0.6) is 0 Å². The summed E-state index contributed by atoms with van der Waals surface area (Å²) in [6.07, 6.45) is 20.3. The van der Waals surface area contributed by atoms with Crippen molar-refractivity contribution in [1.82, 2.24) is 0 Å². The Labute approximate surface area is 160 Å². The summed E-state index contributed by atoms with van der Waals surface area (Å²) < 4.78 is 5.18. The molecule has 1 atom stereocenters. The molecule has 3 nitrogen and oxygen atoms in total. The number of carbonyl (C=O) groups excluding carboxylic acids is 2. The molecule has 0 saturated carbocycles. The van der Waals surface area contributed by atoms with Gasteiger partial charge in [-0.25, -0.2) is 0 Å². The van der Waals surface area contributed by atoms with Crippen molar-refractivity contribution in [3.05, 3.63) is 24.3 Å². The summed E-state index contributed by atoms with van der Waals surface area (Å²) in [7, 11) is 0. The number of aldehydes is 1. The fourth-order valence-corrected chi connectivity index (χ4v) is 2.41. The molecule has 0 spiro atoms. The summed E-state index contributed by atoms with van der Waals surface area (Å²) >= 11 is 0. The second kappa shape index (κ2) is 19.5. The molecule has 0 aromatic carbocycles. The van der Waals surface area contributed by atoms with E-state index in [9.17, 15) is 9.59 Å². The average molecular weight is 361 g/mol. The van der Waals surface area contributed by atoms with Gasteiger partial charge in [-0.3, -0.25) is 4.79 Å². The van der Waals surface area contributed by atoms with E-state index in [1.165, 1.54) is 6.42 Å². The van der Waals surface area contributed by atoms with E-state index in [0.717, 1.165) is 57.7 Å². The van der Waals surface area contributed by atoms with Crippen LogP contribution in [-0.2, 0) is 14.3 Å². The van der Waals surface area contributed by atoms with Crippen molar-refractivity contribution in [2.45, 2.75) is 84.5 Å². The van der Waals surface area contributed by atoms with E-state index in [1.54, 1.807) is 0 Å². The van der Waals surface area contributed by atoms with Crippen molar-refractivity contribution >= 4 is 12.3 Å². The maximum Gasteiger partial charge on any atom is 0.309 e. The molecule has 1 unspecified atom stereocenters. The van der Waals surface area contributed by atoms with E-state index in [4.69, 9.17) is 4.74 Å². The van der Waals surface area contributed by atoms with E-state index in [2.05, 4.69) is 37.0 Å². The monoisotopic (exact) mass is 360 g/mol. The van der Waals surface area contributed by atoms with Crippen LogP contribution in [0, 0.1) is 17.8 Å². The van der Waals surface area contributed by atoms with Crippen LogP contribution >= 0.6 is 0 Å². The van der Waals surface area contributed by atoms with Crippen LogP contribution in [-0.4, -0.2) is 18.9 Å². The van der Waals surface area contributed by atoms with Crippen molar-refractivity contribution in [2.24, 2.45) is 5.92 Å². The molecule has 0 bridgehead atoms. The van der Waals surface area contributed by atoms with E-state index in [1.807, 2.05) is 13.0 Å². The van der Waals surface area contributed by atoms with Gasteiger partial charge in [0.2, 0.25) is 0 Å². The second-order valence-corrected chi connectivity index (χ2v) is 6.61. The largest absolute Gasteiger partial charge is 0.465 e. The first kappa shape index (κ1) is 24.2. The number of carbonyl (C=O) groups is 2. The maximum absolute atomic E-state index is 11.3. The topological polar surface area (TPSA) is 43.4 Å². The minimum Gasteiger partial charge on any atom is -0.465 e. The molecule has 0 aromatic rings. The van der Waals surface area contributed by atoms with Gasteiger partial charge < -0.3 is 9.53 Å². The lowest BCUT2D eigenvalue weighted by Crippen LogP contribution is -2.07. The van der Waals surface area contributed by atoms with Gasteiger partial charge in [0.1, 0.15) is 6.29 Å². The number of cyclic esters (lactones) is 1. The fraction of sp³-hybridized carbons (Fsp3) is 0.652. The van der Waals surface area contributed by atoms with Crippen molar-refractivity contribution in [2.75, 3.05) is 6.61 Å². The van der Waals surface area contributed by atoms with Crippen molar-refractivity contribution in [3.63, 3.8) is 0 Å². The Bertz CT molecular complexity index is 466. The molecule has 1 rings (SSSR count). The van der Waals surface area contributed by atoms with E-state index in [0.29, 0.717) is 25.4 Å². The second-order valence-electron chi connectivity index (χ2n) is 6.61. The first-order valence-electron chi connectivity index (χ1n) is 9.99. The first-order valence-corrected chi connectivity index (χ1v) is 9.99. The van der Waals surface area contributed by atoms with Gasteiger partial charge in [-0.15, -0.1) is 11.8 Å². The molecule has 1 aliphatic rings. The third-order valence-corrected chi connectivity index (χ3v) is 4.11. The zero-order valence-corrected chi connectivity index (χ0v) is 16.7. The number of hydrogen-bond donors (Lipinski definition) is 0. The average Bonchev–Trinajstić information content (AvgIpc) is 2.64. The highest BCUT2D eigenvalue weighted by Crippen LogP contribution is 2.12. The summed E-state index contributed by atoms with van der Waals surface area (Å²) in [5.74, 6) is 6.28. The lowest BCUT2D eigenvalue weighted by molar-refractivity contribution is -0.142. The van der Waals surface area contributed by atoms with Crippen LogP contribution in [0.25, 0.3) is 0 Å². The molecule has 1 heterocycles. The molecular weight excluding hydrogens is 324 g/mol. The van der Waals surface area contributed by atoms with Crippen LogP contribution in [0.1, 0.15) is 84.5 Å². The van der Waals surface area contributed by atoms with Gasteiger partial charge in [-0.2, -0.15) is 0 Å². The minimum atomic E-state index is -0.0959. The van der Waals surface area contributed by atoms with Gasteiger partial charge in [0, 0.05) is 12.8 Å². The quantitative estimate of drug-likeness (QED) is 0.209. The summed E-state index contributed by atoms with van der Waals surface area (Å²) in [4.78, 5) is 21.1. The summed E-state index contributed by atoms with van der Waals surface area (Å²) in [5, 5.41) is 0. The fourth-order valence-electron chi connectivity index (χ4n) is 2.41. The Morgan fingerprint density at radius 3 is 2.58 bits per heavy atom. The molecule has 0 N–H and O–H groups in total. The summed E-state index contributed by atoms with van der Waals surface area (Å²) in [5.41, 5.74) is 0. The normalized spacial score (nSPS) is 21.3. The predicted molar refractivity (Wildman–Crippen MR) is 109 cm³/mol. The zero-order chi connectivity index (χ0) is 19.3. The van der Waals surface area contributed by atoms with E-state index >= 15 is 0 Å². The van der Waals surface area contributed by atoms with Gasteiger partial charge in [0.25, 0.3) is 0 Å². The molecular formula is C23H36O3. The Hall–Kier alpha value is -1.82. The Morgan fingerprint density at radius 2 is 1.85 bits per heavy atom. The molecule has 1 aliphatic heterocycles. The SMILES string of the molecule is CC#CCCCCC=O.CC1CC/C=C\CCC/C=C/CC(=O)OCC1. The van der Waals surface area contributed by atoms with Gasteiger partial charge in [0.05, 0.1) is 13.0 Å². The number of allylic oxidation sites excluding steroid dienone is 3. The predicted octanol–water partition coefficient (Wildman–Crippen LogP) is 5.79. The minimum absolute atomic E-state index is 0.0959. The number of ether oxygens (including phenoxy) is 1. The zero-order valence-electron chi connectivity index (χ0n) is 16.7. The highest BCUT2D eigenvalue weighted by molar-refractivity contribution is 5.71. The Morgan fingerprint density at radius 1 is 1.12 bits per heavy atom. The number of esters is 1. The van der Waals surface area contributed by atoms with Crippen LogP contribution in [0.15, 0.2) is 24.3 Å². The number of unbranched alkanes of at least 4 members (excludes halogenated alkanes) is 3. The molecule has 0 amide bonds. The lowest BCUT2D eigenvalue weighted by atomic mass is 10.0. The molecule has 0 saturated heterocycles. The standard InChI is InChI=1S/C15H24O2.C8H12O/c1-14-10-8-6-4-2-3-5-7-9-11-15(16)17-13-12-14;1-2-3-4-5-6-7-8-9/h4,6-7,9,14H,2-3,5,8,10-13H2,1H3;8H,4-7H2,1H3/b6-4-,9-7+;. The summed E-state index contributed by atoms with van der Waals surface area (Å²) in [6, 6.07) is 0. The van der Waals surface area contributed by atoms with Gasteiger partial charge in [-0.1, -0.05) is 31.2 Å². The van der Waals surface area contributed by atoms with Crippen LogP contribution < -0.4 is 0 Å². The van der Waals surface area contributed by atoms with Crippen molar-refractivity contribution in [1.29, 1.82) is 0 Å². The molecule has 3 heteroatoms. The third kappa shape index (κ3) is 18.5. The Kier molecular flexibility index (Phi) is 18.1. The van der Waals surface area contributed by atoms with Gasteiger partial charge in [-0.05, 0) is 64.2 Å². The molecule has 0 fully saturated rings. The van der Waals surface area contributed by atoms with E-state index in [-0.39, 0.29) is 5.97 Å². The molecule has 0 radical (unpaired) electrons. The van der Waals surface area contributed by atoms with Crippen LogP contribution in [0.3, 0.4) is 0 Å². The highest BCUT2D eigenvalue weighted by atomic mass is 16.5. The van der Waals surface area contributed by atoms with Crippen LogP contribution in [0.4, 0.5) is 0 Å². The molecule has 146 valence electrons. The lowest BCUT2D eigenvalue weighted by Gasteiger charge is -2.09. The molecule has 0 aromatic heterocycles. The van der Waals surface area contributed by atoms with Gasteiger partial charge in [0.15, 0.2) is 0 Å². The molecule has 0 aliphatic carbocycles. The highest BCUT2D eigenvalue weighted by Gasteiger charge is 2.04. The van der Waals surface area contributed by atoms with Gasteiger partial charge >= 0.3 is 5.97 Å². The number of hydrogen-bond acceptors (Lipinski definition) is 3. The van der Waals surface area contributed by atoms with Crippen molar-refractivity contribution in [3.8, 4) is 11.8 Å². The smallest absolute Gasteiger partial charge is 0.309 e. The summed E-state index contributed by atoms with van der Waals surface area (Å²) in [6.45, 7) is 4.62. The maximum atomic E-state index is 11.3. The molecule has 26 heavy (non-hydrogen) atoms. The van der Waals surface area contributed by atoms with Crippen LogP contribution in [0.2, 0.25) is 0 Å². The van der Waals surface area contributed by atoms with Crippen molar-refractivity contribution < 1.29 is 14.3 Å². The third-order valence-electron chi connectivity index (χ3n) is 4.11. The number of rotatable bonds is 4. The Balaban J connectivity index is 0.000000590.